The molecule has 25 heavy (non-hydrogen) atoms. The van der Waals surface area contributed by atoms with E-state index in [1.165, 1.54) is 0 Å². The van der Waals surface area contributed by atoms with Crippen LogP contribution in [-0.4, -0.2) is 23.3 Å². The Labute approximate surface area is 147 Å². The highest BCUT2D eigenvalue weighted by Crippen LogP contribution is 2.37. The number of aryl methyl sites for hydroxylation is 1. The lowest BCUT2D eigenvalue weighted by atomic mass is 9.74. The molecular formula is C21H20N4. The molecule has 0 radical (unpaired) electrons. The van der Waals surface area contributed by atoms with Crippen LogP contribution in [0, 0.1) is 18.3 Å². The minimum atomic E-state index is -0.397. The SMILES string of the molecule is Cc1nnc(N2CCC(C#N)(c3ccccc3)CC2)c2ccccc12. The third kappa shape index (κ3) is 2.62. The third-order valence-corrected chi connectivity index (χ3v) is 5.31. The molecule has 0 unspecified atom stereocenters. The standard InChI is InChI=1S/C21H20N4/c1-16-18-9-5-6-10-19(18)20(24-23-16)25-13-11-21(15-22,12-14-25)17-7-3-2-4-8-17/h2-10H,11-14H2,1H3. The highest BCUT2D eigenvalue weighted by atomic mass is 15.3. The van der Waals surface area contributed by atoms with E-state index < -0.39 is 5.41 Å². The van der Waals surface area contributed by atoms with E-state index in [1.807, 2.05) is 37.3 Å². The number of hydrogen-bond donors (Lipinski definition) is 0. The maximum absolute atomic E-state index is 9.86. The molecule has 3 aromatic rings. The largest absolute Gasteiger partial charge is 0.354 e. The van der Waals surface area contributed by atoms with Gasteiger partial charge in [-0.1, -0.05) is 54.6 Å². The average molecular weight is 328 g/mol. The monoisotopic (exact) mass is 328 g/mol. The molecule has 2 aromatic carbocycles. The normalized spacial score (nSPS) is 16.6. The Balaban J connectivity index is 1.65. The topological polar surface area (TPSA) is 52.8 Å². The van der Waals surface area contributed by atoms with Crippen LogP contribution in [0.15, 0.2) is 54.6 Å². The number of piperidine rings is 1. The van der Waals surface area contributed by atoms with Crippen molar-refractivity contribution in [2.75, 3.05) is 18.0 Å². The molecule has 0 N–H and O–H groups in total. The van der Waals surface area contributed by atoms with Crippen molar-refractivity contribution >= 4 is 16.6 Å². The zero-order valence-electron chi connectivity index (χ0n) is 14.3. The second-order valence-electron chi connectivity index (χ2n) is 6.70. The Kier molecular flexibility index (Phi) is 3.85. The predicted octanol–water partition coefficient (Wildman–Crippen LogP) is 4.00. The number of rotatable bonds is 2. The van der Waals surface area contributed by atoms with Gasteiger partial charge in [0.15, 0.2) is 5.82 Å². The molecule has 0 atom stereocenters. The summed E-state index contributed by atoms with van der Waals surface area (Å²) in [6.45, 7) is 3.61. The summed E-state index contributed by atoms with van der Waals surface area (Å²) in [6.07, 6.45) is 1.61. The summed E-state index contributed by atoms with van der Waals surface area (Å²) in [5, 5.41) is 21.0. The number of anilines is 1. The van der Waals surface area contributed by atoms with Crippen molar-refractivity contribution in [3.05, 3.63) is 65.9 Å². The van der Waals surface area contributed by atoms with Crippen molar-refractivity contribution in [1.29, 1.82) is 5.26 Å². The lowest BCUT2D eigenvalue weighted by Crippen LogP contribution is -2.42. The molecule has 0 aliphatic carbocycles. The van der Waals surface area contributed by atoms with Crippen LogP contribution in [0.25, 0.3) is 10.8 Å². The van der Waals surface area contributed by atoms with Gasteiger partial charge in [0.25, 0.3) is 0 Å². The molecule has 0 amide bonds. The molecule has 4 nitrogen and oxygen atoms in total. The van der Waals surface area contributed by atoms with Gasteiger partial charge in [-0.2, -0.15) is 10.4 Å². The second-order valence-corrected chi connectivity index (χ2v) is 6.70. The van der Waals surface area contributed by atoms with Crippen LogP contribution in [0.2, 0.25) is 0 Å². The number of nitriles is 1. The predicted molar refractivity (Wildman–Crippen MR) is 99.5 cm³/mol. The van der Waals surface area contributed by atoms with Crippen molar-refractivity contribution in [1.82, 2.24) is 10.2 Å². The number of benzene rings is 2. The first-order valence-electron chi connectivity index (χ1n) is 8.67. The van der Waals surface area contributed by atoms with Crippen molar-refractivity contribution < 1.29 is 0 Å². The Morgan fingerprint density at radius 3 is 2.24 bits per heavy atom. The first-order chi connectivity index (χ1) is 12.2. The van der Waals surface area contributed by atoms with Gasteiger partial charge in [0.1, 0.15) is 0 Å². The zero-order valence-corrected chi connectivity index (χ0v) is 14.3. The average Bonchev–Trinajstić information content (AvgIpc) is 2.69. The Morgan fingerprint density at radius 1 is 0.920 bits per heavy atom. The molecule has 124 valence electrons. The molecule has 1 aliphatic heterocycles. The fourth-order valence-corrected chi connectivity index (χ4v) is 3.78. The lowest BCUT2D eigenvalue weighted by molar-refractivity contribution is 0.414. The second kappa shape index (κ2) is 6.18. The quantitative estimate of drug-likeness (QED) is 0.713. The Hall–Kier alpha value is -2.93. The van der Waals surface area contributed by atoms with Crippen LogP contribution in [-0.2, 0) is 5.41 Å². The third-order valence-electron chi connectivity index (χ3n) is 5.31. The number of hydrogen-bond acceptors (Lipinski definition) is 4. The van der Waals surface area contributed by atoms with E-state index in [-0.39, 0.29) is 0 Å². The van der Waals surface area contributed by atoms with Crippen LogP contribution in [0.4, 0.5) is 5.82 Å². The summed E-state index contributed by atoms with van der Waals surface area (Å²) in [5.74, 6) is 0.931. The van der Waals surface area contributed by atoms with E-state index in [2.05, 4.69) is 45.4 Å². The molecular weight excluding hydrogens is 308 g/mol. The first kappa shape index (κ1) is 15.6. The van der Waals surface area contributed by atoms with Gasteiger partial charge in [-0.3, -0.25) is 0 Å². The maximum atomic E-state index is 9.86. The van der Waals surface area contributed by atoms with Gasteiger partial charge in [0, 0.05) is 23.9 Å². The van der Waals surface area contributed by atoms with E-state index >= 15 is 0 Å². The minimum absolute atomic E-state index is 0.397. The smallest absolute Gasteiger partial charge is 0.159 e. The van der Waals surface area contributed by atoms with Crippen LogP contribution in [0.1, 0.15) is 24.1 Å². The minimum Gasteiger partial charge on any atom is -0.354 e. The van der Waals surface area contributed by atoms with Crippen LogP contribution >= 0.6 is 0 Å². The number of nitrogens with zero attached hydrogens (tertiary/aromatic N) is 4. The summed E-state index contributed by atoms with van der Waals surface area (Å²) >= 11 is 0. The van der Waals surface area contributed by atoms with Crippen molar-refractivity contribution in [2.24, 2.45) is 0 Å². The van der Waals surface area contributed by atoms with Gasteiger partial charge in [-0.05, 0) is 25.3 Å². The van der Waals surface area contributed by atoms with E-state index in [0.717, 1.165) is 53.8 Å². The molecule has 0 spiro atoms. The summed E-state index contributed by atoms with van der Waals surface area (Å²) in [7, 11) is 0. The van der Waals surface area contributed by atoms with Crippen molar-refractivity contribution in [2.45, 2.75) is 25.2 Å². The van der Waals surface area contributed by atoms with Crippen molar-refractivity contribution in [3.8, 4) is 6.07 Å². The number of fused-ring (bicyclic) bond motifs is 1. The summed E-state index contributed by atoms with van der Waals surface area (Å²) in [6, 6.07) is 21.0. The summed E-state index contributed by atoms with van der Waals surface area (Å²) < 4.78 is 0. The molecule has 4 rings (SSSR count). The summed E-state index contributed by atoms with van der Waals surface area (Å²) in [4.78, 5) is 2.27. The van der Waals surface area contributed by atoms with Gasteiger partial charge >= 0.3 is 0 Å². The maximum Gasteiger partial charge on any atom is 0.159 e. The lowest BCUT2D eigenvalue weighted by Gasteiger charge is -2.38. The summed E-state index contributed by atoms with van der Waals surface area (Å²) in [5.41, 5.74) is 1.68. The van der Waals surface area contributed by atoms with Crippen molar-refractivity contribution in [3.63, 3.8) is 0 Å². The van der Waals surface area contributed by atoms with E-state index in [9.17, 15) is 5.26 Å². The van der Waals surface area contributed by atoms with Gasteiger partial charge in [-0.15, -0.1) is 5.10 Å². The Bertz CT molecular complexity index is 935. The first-order valence-corrected chi connectivity index (χ1v) is 8.67. The number of aromatic nitrogens is 2. The Morgan fingerprint density at radius 2 is 1.56 bits per heavy atom. The van der Waals surface area contributed by atoms with Crippen LogP contribution in [0.3, 0.4) is 0 Å². The zero-order chi connectivity index (χ0) is 17.3. The molecule has 0 saturated carbocycles. The fourth-order valence-electron chi connectivity index (χ4n) is 3.78. The molecule has 4 heteroatoms. The molecule has 1 fully saturated rings. The van der Waals surface area contributed by atoms with Gasteiger partial charge in [-0.25, -0.2) is 0 Å². The van der Waals surface area contributed by atoms with Crippen LogP contribution in [0.5, 0.6) is 0 Å². The molecule has 1 aliphatic rings. The van der Waals surface area contributed by atoms with E-state index in [0.29, 0.717) is 0 Å². The van der Waals surface area contributed by atoms with E-state index in [1.54, 1.807) is 0 Å². The molecule has 1 aromatic heterocycles. The van der Waals surface area contributed by atoms with Gasteiger partial charge < -0.3 is 4.90 Å². The molecule has 0 bridgehead atoms. The fraction of sp³-hybridized carbons (Fsp3) is 0.286. The molecule has 2 heterocycles. The van der Waals surface area contributed by atoms with E-state index in [4.69, 9.17) is 0 Å². The van der Waals surface area contributed by atoms with Gasteiger partial charge in [0.2, 0.25) is 0 Å². The van der Waals surface area contributed by atoms with Gasteiger partial charge in [0.05, 0.1) is 17.2 Å². The highest BCUT2D eigenvalue weighted by molar-refractivity contribution is 5.93. The van der Waals surface area contributed by atoms with Crippen LogP contribution < -0.4 is 4.90 Å². The highest BCUT2D eigenvalue weighted by Gasteiger charge is 2.37. The molecule has 1 saturated heterocycles.